The van der Waals surface area contributed by atoms with E-state index in [1.54, 1.807) is 12.3 Å². The van der Waals surface area contributed by atoms with E-state index in [1.807, 2.05) is 40.7 Å². The van der Waals surface area contributed by atoms with E-state index in [1.165, 1.54) is 0 Å². The zero-order valence-electron chi connectivity index (χ0n) is 16.6. The average molecular weight is 364 g/mol. The van der Waals surface area contributed by atoms with E-state index in [4.69, 9.17) is 4.74 Å². The van der Waals surface area contributed by atoms with Crippen molar-refractivity contribution in [2.75, 3.05) is 38.0 Å². The number of pyridine rings is 1. The Morgan fingerprint density at radius 1 is 1.15 bits per heavy atom. The number of carbonyl (C=O) groups excluding carboxylic acids is 1. The quantitative estimate of drug-likeness (QED) is 0.835. The van der Waals surface area contributed by atoms with Crippen molar-refractivity contribution in [2.24, 2.45) is 0 Å². The number of amides is 1. The van der Waals surface area contributed by atoms with Crippen LogP contribution in [0.25, 0.3) is 0 Å². The van der Waals surface area contributed by atoms with Crippen molar-refractivity contribution < 1.29 is 14.6 Å². The third-order valence-corrected chi connectivity index (χ3v) is 3.94. The molecular weight excluding hydrogens is 332 g/mol. The van der Waals surface area contributed by atoms with Crippen molar-refractivity contribution in [2.45, 2.75) is 52.4 Å². The van der Waals surface area contributed by atoms with Gasteiger partial charge in [0, 0.05) is 45.5 Å². The molecule has 1 aliphatic heterocycles. The molecule has 1 aromatic heterocycles. The second-order valence-electron chi connectivity index (χ2n) is 8.54. The number of anilines is 1. The third kappa shape index (κ3) is 7.68. The lowest BCUT2D eigenvalue weighted by Crippen LogP contribution is -2.50. The summed E-state index contributed by atoms with van der Waals surface area (Å²) >= 11 is 0. The average Bonchev–Trinajstić information content (AvgIpc) is 2.48. The van der Waals surface area contributed by atoms with Gasteiger partial charge in [-0.05, 0) is 46.2 Å². The minimum atomic E-state index is -0.650. The molecule has 0 aliphatic carbocycles. The first kappa shape index (κ1) is 20.6. The van der Waals surface area contributed by atoms with E-state index in [-0.39, 0.29) is 0 Å². The number of β-amino-alcohol motifs (C(OH)–C–C–N with tert-alkyl or cyclic N) is 1. The number of ether oxygens (including phenoxy) is 1. The highest BCUT2D eigenvalue weighted by molar-refractivity contribution is 5.83. The first-order chi connectivity index (χ1) is 12.0. The number of piperazine rings is 1. The Hall–Kier alpha value is -1.70. The van der Waals surface area contributed by atoms with Crippen molar-refractivity contribution in [1.82, 2.24) is 14.8 Å². The molecule has 0 unspecified atom stereocenters. The highest BCUT2D eigenvalue weighted by Gasteiger charge is 2.22. The number of aliphatic hydroxyl groups is 1. The number of nitrogens with zero attached hydrogens (tertiary/aromatic N) is 3. The Kier molecular flexibility index (Phi) is 6.60. The van der Waals surface area contributed by atoms with Gasteiger partial charge in [-0.3, -0.25) is 15.1 Å². The molecule has 0 aromatic carbocycles. The molecule has 26 heavy (non-hydrogen) atoms. The van der Waals surface area contributed by atoms with Crippen LogP contribution < -0.4 is 5.32 Å². The summed E-state index contributed by atoms with van der Waals surface area (Å²) in [5.74, 6) is 0.484. The van der Waals surface area contributed by atoms with Crippen LogP contribution >= 0.6 is 0 Å². The van der Waals surface area contributed by atoms with Gasteiger partial charge in [-0.15, -0.1) is 0 Å². The Bertz CT molecular complexity index is 582. The van der Waals surface area contributed by atoms with Gasteiger partial charge in [0.25, 0.3) is 0 Å². The van der Waals surface area contributed by atoms with Gasteiger partial charge in [0.15, 0.2) is 0 Å². The van der Waals surface area contributed by atoms with Gasteiger partial charge in [-0.2, -0.15) is 0 Å². The van der Waals surface area contributed by atoms with E-state index in [0.29, 0.717) is 12.4 Å². The second kappa shape index (κ2) is 8.33. The van der Waals surface area contributed by atoms with Crippen LogP contribution in [-0.4, -0.2) is 69.9 Å². The zero-order chi connectivity index (χ0) is 19.4. The van der Waals surface area contributed by atoms with Crippen molar-refractivity contribution in [3.05, 3.63) is 23.9 Å². The molecule has 2 heterocycles. The van der Waals surface area contributed by atoms with Crippen LogP contribution in [0.4, 0.5) is 10.6 Å². The topological polar surface area (TPSA) is 77.9 Å². The summed E-state index contributed by atoms with van der Waals surface area (Å²) in [7, 11) is 0. The predicted molar refractivity (Wildman–Crippen MR) is 102 cm³/mol. The lowest BCUT2D eigenvalue weighted by Gasteiger charge is -2.37. The maximum Gasteiger partial charge on any atom is 0.413 e. The molecule has 0 saturated carbocycles. The smallest absolute Gasteiger partial charge is 0.413 e. The maximum absolute atomic E-state index is 11.8. The lowest BCUT2D eigenvalue weighted by molar-refractivity contribution is 0.0166. The molecule has 0 bridgehead atoms. The fraction of sp³-hybridized carbons (Fsp3) is 0.684. The van der Waals surface area contributed by atoms with E-state index in [0.717, 1.165) is 38.3 Å². The highest BCUT2D eigenvalue weighted by Crippen LogP contribution is 2.13. The van der Waals surface area contributed by atoms with Crippen molar-refractivity contribution in [1.29, 1.82) is 0 Å². The minimum absolute atomic E-state index is 0.484. The molecule has 1 fully saturated rings. The number of nitrogens with one attached hydrogen (secondary N) is 1. The number of hydrogen-bond donors (Lipinski definition) is 2. The van der Waals surface area contributed by atoms with Crippen molar-refractivity contribution in [3.63, 3.8) is 0 Å². The summed E-state index contributed by atoms with van der Waals surface area (Å²) in [4.78, 5) is 20.7. The fourth-order valence-corrected chi connectivity index (χ4v) is 2.91. The number of aromatic nitrogens is 1. The standard InChI is InChI=1S/C19H32N4O3/c1-18(2,3)26-17(24)21-16-7-6-15(12-20-16)13-22-8-10-23(11-9-22)14-19(4,5)25/h6-7,12,25H,8-11,13-14H2,1-5H3,(H,20,21,24). The Labute approximate surface area is 156 Å². The van der Waals surface area contributed by atoms with Gasteiger partial charge in [0.05, 0.1) is 5.60 Å². The van der Waals surface area contributed by atoms with Crippen LogP contribution in [0.15, 0.2) is 18.3 Å². The van der Waals surface area contributed by atoms with Gasteiger partial charge in [-0.1, -0.05) is 6.07 Å². The lowest BCUT2D eigenvalue weighted by atomic mass is 10.1. The molecule has 146 valence electrons. The summed E-state index contributed by atoms with van der Waals surface area (Å²) in [6.07, 6.45) is 1.29. The number of rotatable bonds is 5. The molecule has 0 radical (unpaired) electrons. The van der Waals surface area contributed by atoms with Crippen LogP contribution in [0, 0.1) is 0 Å². The van der Waals surface area contributed by atoms with Crippen LogP contribution in [0.1, 0.15) is 40.2 Å². The molecule has 2 N–H and O–H groups in total. The zero-order valence-corrected chi connectivity index (χ0v) is 16.6. The maximum atomic E-state index is 11.8. The number of hydrogen-bond acceptors (Lipinski definition) is 6. The summed E-state index contributed by atoms with van der Waals surface area (Å²) in [6.45, 7) is 14.5. The second-order valence-corrected chi connectivity index (χ2v) is 8.54. The molecule has 1 aliphatic rings. The number of carbonyl (C=O) groups is 1. The summed E-state index contributed by atoms with van der Waals surface area (Å²) in [5, 5.41) is 12.6. The predicted octanol–water partition coefficient (Wildman–Crippen LogP) is 2.32. The molecular formula is C19H32N4O3. The highest BCUT2D eigenvalue weighted by atomic mass is 16.6. The van der Waals surface area contributed by atoms with E-state index in [2.05, 4.69) is 20.1 Å². The van der Waals surface area contributed by atoms with E-state index < -0.39 is 17.3 Å². The van der Waals surface area contributed by atoms with Crippen LogP contribution in [0.2, 0.25) is 0 Å². The molecule has 1 aromatic rings. The molecule has 7 nitrogen and oxygen atoms in total. The SMILES string of the molecule is CC(C)(O)CN1CCN(Cc2ccc(NC(=O)OC(C)(C)C)nc2)CC1. The van der Waals surface area contributed by atoms with Gasteiger partial charge >= 0.3 is 6.09 Å². The Balaban J connectivity index is 1.78. The fourth-order valence-electron chi connectivity index (χ4n) is 2.91. The van der Waals surface area contributed by atoms with E-state index in [9.17, 15) is 9.90 Å². The van der Waals surface area contributed by atoms with E-state index >= 15 is 0 Å². The summed E-state index contributed by atoms with van der Waals surface area (Å²) in [5.41, 5.74) is -0.0730. The van der Waals surface area contributed by atoms with Crippen molar-refractivity contribution in [3.8, 4) is 0 Å². The van der Waals surface area contributed by atoms with Gasteiger partial charge in [0.2, 0.25) is 0 Å². The van der Waals surface area contributed by atoms with Gasteiger partial charge in [-0.25, -0.2) is 9.78 Å². The minimum Gasteiger partial charge on any atom is -0.444 e. The van der Waals surface area contributed by atoms with Crippen LogP contribution in [0.3, 0.4) is 0 Å². The molecule has 0 atom stereocenters. The molecule has 1 amide bonds. The van der Waals surface area contributed by atoms with Crippen LogP contribution in [-0.2, 0) is 11.3 Å². The van der Waals surface area contributed by atoms with Gasteiger partial charge < -0.3 is 9.84 Å². The summed E-state index contributed by atoms with van der Waals surface area (Å²) < 4.78 is 5.22. The molecule has 1 saturated heterocycles. The third-order valence-electron chi connectivity index (χ3n) is 3.94. The van der Waals surface area contributed by atoms with Crippen molar-refractivity contribution >= 4 is 11.9 Å². The normalized spacial score (nSPS) is 17.2. The monoisotopic (exact) mass is 364 g/mol. The first-order valence-corrected chi connectivity index (χ1v) is 9.12. The summed E-state index contributed by atoms with van der Waals surface area (Å²) in [6, 6.07) is 3.77. The molecule has 2 rings (SSSR count). The molecule has 7 heteroatoms. The Morgan fingerprint density at radius 3 is 2.27 bits per heavy atom. The largest absolute Gasteiger partial charge is 0.444 e. The van der Waals surface area contributed by atoms with Crippen LogP contribution in [0.5, 0.6) is 0 Å². The Morgan fingerprint density at radius 2 is 1.77 bits per heavy atom. The molecule has 0 spiro atoms. The van der Waals surface area contributed by atoms with Gasteiger partial charge in [0.1, 0.15) is 11.4 Å². The first-order valence-electron chi connectivity index (χ1n) is 9.12.